The van der Waals surface area contributed by atoms with Gasteiger partial charge in [0.25, 0.3) is 0 Å². The first-order valence-corrected chi connectivity index (χ1v) is 7.63. The van der Waals surface area contributed by atoms with E-state index in [9.17, 15) is 13.2 Å². The Kier molecular flexibility index (Phi) is 4.41. The summed E-state index contributed by atoms with van der Waals surface area (Å²) in [7, 11) is 0. The molecular weight excluding hydrogens is 368 g/mol. The number of aromatic nitrogens is 1. The summed E-state index contributed by atoms with van der Waals surface area (Å²) in [6, 6.07) is 12.1. The fourth-order valence-electron chi connectivity index (χ4n) is 1.45. The zero-order chi connectivity index (χ0) is 13.9. The number of alkyl halides is 3. The van der Waals surface area contributed by atoms with Gasteiger partial charge in [-0.3, -0.25) is 0 Å². The van der Waals surface area contributed by atoms with E-state index < -0.39 is 33.1 Å². The third-order valence-electron chi connectivity index (χ3n) is 2.32. The molecule has 0 atom stereocenters. The van der Waals surface area contributed by atoms with Gasteiger partial charge in [-0.05, 0) is 0 Å². The molecule has 1 heterocycles. The number of rotatable bonds is 3. The standard InChI is InChI=1S/C13H11F3IN2/c14-13(15,16)11-6-9(8-18)7-12(19-11)17-10-4-2-1-3-5-10/h1-7H,8,18H2/q-1. The zero-order valence-corrected chi connectivity index (χ0v) is 11.9. The van der Waals surface area contributed by atoms with Crippen LogP contribution in [0.3, 0.4) is 0 Å². The Morgan fingerprint density at radius 1 is 1.11 bits per heavy atom. The van der Waals surface area contributed by atoms with E-state index in [0.29, 0.717) is 9.26 Å². The third kappa shape index (κ3) is 3.90. The quantitative estimate of drug-likeness (QED) is 0.587. The van der Waals surface area contributed by atoms with Crippen LogP contribution in [0.4, 0.5) is 13.2 Å². The topological polar surface area (TPSA) is 38.9 Å². The molecule has 102 valence electrons. The van der Waals surface area contributed by atoms with Gasteiger partial charge in [-0.15, -0.1) is 0 Å². The minimum absolute atomic E-state index is 0.0805. The summed E-state index contributed by atoms with van der Waals surface area (Å²) in [5.41, 5.74) is 5.05. The Hall–Kier alpha value is -1.15. The first-order chi connectivity index (χ1) is 8.99. The van der Waals surface area contributed by atoms with Crippen LogP contribution in [0.1, 0.15) is 11.3 Å². The normalized spacial score (nSPS) is 11.8. The average Bonchev–Trinajstić information content (AvgIpc) is 2.38. The summed E-state index contributed by atoms with van der Waals surface area (Å²) in [6.07, 6.45) is -4.43. The van der Waals surface area contributed by atoms with Crippen molar-refractivity contribution in [3.63, 3.8) is 0 Å². The maximum atomic E-state index is 12.7. The van der Waals surface area contributed by atoms with Crippen LogP contribution in [-0.2, 0) is 12.7 Å². The van der Waals surface area contributed by atoms with Gasteiger partial charge in [0.05, 0.1) is 0 Å². The van der Waals surface area contributed by atoms with Crippen LogP contribution in [0, 0.1) is 7.27 Å². The van der Waals surface area contributed by atoms with Gasteiger partial charge < -0.3 is 0 Å². The molecule has 1 aromatic heterocycles. The van der Waals surface area contributed by atoms with Crippen LogP contribution >= 0.6 is 0 Å². The van der Waals surface area contributed by atoms with Crippen molar-refractivity contribution < 1.29 is 34.4 Å². The molecule has 19 heavy (non-hydrogen) atoms. The van der Waals surface area contributed by atoms with Gasteiger partial charge in [0.2, 0.25) is 0 Å². The molecule has 2 nitrogen and oxygen atoms in total. The monoisotopic (exact) mass is 379 g/mol. The third-order valence-corrected chi connectivity index (χ3v) is 4.77. The Bertz CT molecular complexity index is 556. The van der Waals surface area contributed by atoms with E-state index in [4.69, 9.17) is 5.73 Å². The Morgan fingerprint density at radius 2 is 1.79 bits per heavy atom. The second-order valence-electron chi connectivity index (χ2n) is 3.78. The number of hydrogen-bond acceptors (Lipinski definition) is 2. The Morgan fingerprint density at radius 3 is 2.37 bits per heavy atom. The van der Waals surface area contributed by atoms with Gasteiger partial charge >= 0.3 is 119 Å². The van der Waals surface area contributed by atoms with Crippen molar-refractivity contribution >= 4 is 0 Å². The van der Waals surface area contributed by atoms with E-state index in [0.717, 1.165) is 9.64 Å². The molecule has 0 fully saturated rings. The molecule has 0 aliphatic carbocycles. The Labute approximate surface area is 119 Å². The first-order valence-electron chi connectivity index (χ1n) is 5.47. The molecule has 0 amide bonds. The van der Waals surface area contributed by atoms with Gasteiger partial charge in [0.15, 0.2) is 0 Å². The Balaban J connectivity index is 2.35. The number of pyridine rings is 1. The summed E-state index contributed by atoms with van der Waals surface area (Å²) < 4.78 is 39.7. The number of nitrogens with zero attached hydrogens (tertiary/aromatic N) is 1. The molecule has 2 rings (SSSR count). The molecule has 2 aromatic rings. The molecule has 0 bridgehead atoms. The van der Waals surface area contributed by atoms with Gasteiger partial charge in [-0.25, -0.2) is 0 Å². The van der Waals surface area contributed by atoms with Crippen LogP contribution in [0.5, 0.6) is 0 Å². The number of halogens is 4. The van der Waals surface area contributed by atoms with Crippen molar-refractivity contribution in [2.24, 2.45) is 5.73 Å². The van der Waals surface area contributed by atoms with Crippen molar-refractivity contribution in [2.45, 2.75) is 12.7 Å². The zero-order valence-electron chi connectivity index (χ0n) is 9.78. The molecule has 6 heteroatoms. The minimum atomic E-state index is -4.43. The van der Waals surface area contributed by atoms with E-state index in [-0.39, 0.29) is 6.54 Å². The van der Waals surface area contributed by atoms with E-state index in [1.807, 2.05) is 30.3 Å². The number of nitrogens with two attached hydrogens (primary N) is 1. The SMILES string of the molecule is NCc1cc([I-]c2ccccc2)nc(C(F)(F)F)c1. The van der Waals surface area contributed by atoms with Crippen molar-refractivity contribution in [1.82, 2.24) is 4.98 Å². The van der Waals surface area contributed by atoms with Crippen LogP contribution in [0.2, 0.25) is 0 Å². The van der Waals surface area contributed by atoms with Crippen molar-refractivity contribution in [3.8, 4) is 0 Å². The fourth-order valence-corrected chi connectivity index (χ4v) is 3.80. The summed E-state index contributed by atoms with van der Waals surface area (Å²) in [5.74, 6) is 0. The van der Waals surface area contributed by atoms with Crippen LogP contribution in [0.25, 0.3) is 0 Å². The van der Waals surface area contributed by atoms with Crippen LogP contribution < -0.4 is 26.9 Å². The molecule has 0 radical (unpaired) electrons. The summed E-state index contributed by atoms with van der Waals surface area (Å²) in [6.45, 7) is 0.0805. The summed E-state index contributed by atoms with van der Waals surface area (Å²) >= 11 is -0.726. The molecule has 0 aliphatic rings. The number of benzene rings is 1. The molecule has 0 spiro atoms. The van der Waals surface area contributed by atoms with E-state index in [2.05, 4.69) is 4.98 Å². The summed E-state index contributed by atoms with van der Waals surface area (Å²) in [4.78, 5) is 3.72. The first kappa shape index (κ1) is 14.3. The predicted octanol–water partition coefficient (Wildman–Crippen LogP) is -0.312. The number of hydrogen-bond donors (Lipinski definition) is 1. The average molecular weight is 379 g/mol. The molecular formula is C13H11F3IN2-. The van der Waals surface area contributed by atoms with Crippen LogP contribution in [0.15, 0.2) is 42.5 Å². The van der Waals surface area contributed by atoms with Crippen molar-refractivity contribution in [1.29, 1.82) is 0 Å². The fraction of sp³-hybridized carbons (Fsp3) is 0.154. The molecule has 0 unspecified atom stereocenters. The maximum absolute atomic E-state index is 12.7. The van der Waals surface area contributed by atoms with Gasteiger partial charge in [-0.2, -0.15) is 0 Å². The summed E-state index contributed by atoms with van der Waals surface area (Å²) in [5, 5.41) is 0. The molecule has 0 aliphatic heterocycles. The van der Waals surface area contributed by atoms with E-state index in [1.54, 1.807) is 6.07 Å². The van der Waals surface area contributed by atoms with Gasteiger partial charge in [0.1, 0.15) is 0 Å². The van der Waals surface area contributed by atoms with Crippen LogP contribution in [-0.4, -0.2) is 4.98 Å². The van der Waals surface area contributed by atoms with Gasteiger partial charge in [-0.1, -0.05) is 0 Å². The second kappa shape index (κ2) is 5.87. The van der Waals surface area contributed by atoms with Crippen molar-refractivity contribution in [2.75, 3.05) is 0 Å². The molecule has 2 N–H and O–H groups in total. The molecule has 1 aromatic carbocycles. The van der Waals surface area contributed by atoms with E-state index >= 15 is 0 Å². The second-order valence-corrected chi connectivity index (χ2v) is 6.67. The van der Waals surface area contributed by atoms with E-state index in [1.165, 1.54) is 0 Å². The molecule has 0 saturated carbocycles. The van der Waals surface area contributed by atoms with Gasteiger partial charge in [0, 0.05) is 0 Å². The molecule has 0 saturated heterocycles. The predicted molar refractivity (Wildman–Crippen MR) is 61.0 cm³/mol. The van der Waals surface area contributed by atoms with Crippen molar-refractivity contribution in [3.05, 3.63) is 61.0 Å².